The van der Waals surface area contributed by atoms with Gasteiger partial charge >= 0.3 is 0 Å². The van der Waals surface area contributed by atoms with E-state index in [4.69, 9.17) is 0 Å². The van der Waals surface area contributed by atoms with Crippen LogP contribution in [-0.2, 0) is 4.79 Å². The van der Waals surface area contributed by atoms with E-state index in [1.165, 1.54) is 0 Å². The molecule has 1 fully saturated rings. The number of para-hydroxylation sites is 1. The molecule has 1 aliphatic heterocycles. The number of carbonyl (C=O) groups is 1. The van der Waals surface area contributed by atoms with Gasteiger partial charge in [-0.05, 0) is 23.6 Å². The number of aromatic nitrogens is 1. The van der Waals surface area contributed by atoms with Gasteiger partial charge in [0.05, 0.1) is 6.67 Å². The molecular formula is C12H11N3O. The smallest absolute Gasteiger partial charge is 0.268 e. The Labute approximate surface area is 92.3 Å². The molecule has 0 saturated carbocycles. The van der Waals surface area contributed by atoms with Crippen LogP contribution in [0.15, 0.2) is 36.0 Å². The van der Waals surface area contributed by atoms with Crippen molar-refractivity contribution < 1.29 is 4.79 Å². The van der Waals surface area contributed by atoms with Gasteiger partial charge in [-0.15, -0.1) is 0 Å². The maximum absolute atomic E-state index is 11.3. The molecule has 0 bridgehead atoms. The molecule has 0 atom stereocenters. The number of H-pyrrole nitrogens is 1. The molecule has 16 heavy (non-hydrogen) atoms. The first-order valence-corrected chi connectivity index (χ1v) is 5.14. The summed E-state index contributed by atoms with van der Waals surface area (Å²) in [4.78, 5) is 14.6. The lowest BCUT2D eigenvalue weighted by atomic mass is 10.2. The number of hydrogen-bond donors (Lipinski definition) is 3. The average Bonchev–Trinajstić information content (AvgIpc) is 2.85. The molecule has 0 spiro atoms. The summed E-state index contributed by atoms with van der Waals surface area (Å²) >= 11 is 0. The van der Waals surface area contributed by atoms with Gasteiger partial charge in [-0.3, -0.25) is 4.79 Å². The van der Waals surface area contributed by atoms with Crippen LogP contribution >= 0.6 is 0 Å². The number of aromatic amines is 1. The Bertz CT molecular complexity index is 550. The van der Waals surface area contributed by atoms with Gasteiger partial charge < -0.3 is 15.6 Å². The number of amides is 1. The second-order valence-corrected chi connectivity index (χ2v) is 3.73. The molecule has 2 aromatic rings. The zero-order chi connectivity index (χ0) is 11.0. The van der Waals surface area contributed by atoms with Crippen LogP contribution in [0.3, 0.4) is 0 Å². The lowest BCUT2D eigenvalue weighted by Gasteiger charge is -1.92. The van der Waals surface area contributed by atoms with Crippen molar-refractivity contribution in [2.45, 2.75) is 0 Å². The molecular weight excluding hydrogens is 202 g/mol. The monoisotopic (exact) mass is 213 g/mol. The second-order valence-electron chi connectivity index (χ2n) is 3.73. The number of rotatable bonds is 1. The summed E-state index contributed by atoms with van der Waals surface area (Å²) in [5.74, 6) is -0.0568. The summed E-state index contributed by atoms with van der Waals surface area (Å²) in [5.41, 5.74) is 2.61. The Morgan fingerprint density at radius 2 is 2.06 bits per heavy atom. The summed E-state index contributed by atoms with van der Waals surface area (Å²) in [6, 6.07) is 10.1. The Morgan fingerprint density at radius 3 is 2.81 bits per heavy atom. The van der Waals surface area contributed by atoms with E-state index < -0.39 is 0 Å². The van der Waals surface area contributed by atoms with Crippen LogP contribution in [0.1, 0.15) is 5.69 Å². The first-order valence-electron chi connectivity index (χ1n) is 5.14. The molecule has 1 aliphatic rings. The molecule has 0 unspecified atom stereocenters. The van der Waals surface area contributed by atoms with Gasteiger partial charge in [-0.25, -0.2) is 0 Å². The standard InChI is InChI=1S/C12H11N3O/c16-12-11(13-7-14-12)6-9-5-8-3-1-2-4-10(8)15-9/h1-6,13,15H,7H2,(H,14,16). The quantitative estimate of drug-likeness (QED) is 0.623. The van der Waals surface area contributed by atoms with Crippen molar-refractivity contribution in [1.82, 2.24) is 15.6 Å². The van der Waals surface area contributed by atoms with E-state index >= 15 is 0 Å². The van der Waals surface area contributed by atoms with Gasteiger partial charge in [0.2, 0.25) is 0 Å². The summed E-state index contributed by atoms with van der Waals surface area (Å²) in [6.07, 6.45) is 1.82. The van der Waals surface area contributed by atoms with Gasteiger partial charge in [-0.1, -0.05) is 18.2 Å². The van der Waals surface area contributed by atoms with Crippen molar-refractivity contribution >= 4 is 22.9 Å². The summed E-state index contributed by atoms with van der Waals surface area (Å²) < 4.78 is 0. The average molecular weight is 213 g/mol. The Hall–Kier alpha value is -2.23. The second kappa shape index (κ2) is 3.41. The predicted molar refractivity (Wildman–Crippen MR) is 62.4 cm³/mol. The lowest BCUT2D eigenvalue weighted by molar-refractivity contribution is -0.116. The largest absolute Gasteiger partial charge is 0.363 e. The highest BCUT2D eigenvalue weighted by Gasteiger charge is 2.14. The molecule has 80 valence electrons. The van der Waals surface area contributed by atoms with Crippen molar-refractivity contribution in [2.75, 3.05) is 6.67 Å². The van der Waals surface area contributed by atoms with E-state index in [2.05, 4.69) is 15.6 Å². The van der Waals surface area contributed by atoms with Gasteiger partial charge in [0.1, 0.15) is 5.70 Å². The first kappa shape index (κ1) is 9.03. The fourth-order valence-electron chi connectivity index (χ4n) is 1.84. The van der Waals surface area contributed by atoms with E-state index in [-0.39, 0.29) is 5.91 Å². The SMILES string of the molecule is O=C1NCNC1=Cc1cc2ccccc2[nH]1. The van der Waals surface area contributed by atoms with E-state index in [1.54, 1.807) is 0 Å². The van der Waals surface area contributed by atoms with Crippen molar-refractivity contribution in [2.24, 2.45) is 0 Å². The number of fused-ring (bicyclic) bond motifs is 1. The minimum Gasteiger partial charge on any atom is -0.363 e. The van der Waals surface area contributed by atoms with Crippen LogP contribution in [0.2, 0.25) is 0 Å². The first-order chi connectivity index (χ1) is 7.83. The third-order valence-electron chi connectivity index (χ3n) is 2.62. The molecule has 1 aromatic heterocycles. The molecule has 4 heteroatoms. The molecule has 2 heterocycles. The van der Waals surface area contributed by atoms with Gasteiger partial charge in [0, 0.05) is 11.2 Å². The van der Waals surface area contributed by atoms with E-state index in [1.807, 2.05) is 36.4 Å². The van der Waals surface area contributed by atoms with E-state index in [0.717, 1.165) is 16.6 Å². The highest BCUT2D eigenvalue weighted by Crippen LogP contribution is 2.16. The maximum Gasteiger partial charge on any atom is 0.268 e. The highest BCUT2D eigenvalue weighted by atomic mass is 16.2. The Balaban J connectivity index is 2.03. The number of hydrogen-bond acceptors (Lipinski definition) is 2. The van der Waals surface area contributed by atoms with Gasteiger partial charge in [0.15, 0.2) is 0 Å². The number of nitrogens with one attached hydrogen (secondary N) is 3. The topological polar surface area (TPSA) is 56.9 Å². The molecule has 1 saturated heterocycles. The molecule has 4 nitrogen and oxygen atoms in total. The minimum absolute atomic E-state index is 0.0568. The molecule has 3 rings (SSSR count). The van der Waals surface area contributed by atoms with Crippen LogP contribution in [0, 0.1) is 0 Å². The van der Waals surface area contributed by atoms with Crippen molar-refractivity contribution in [3.8, 4) is 0 Å². The molecule has 0 aliphatic carbocycles. The predicted octanol–water partition coefficient (Wildman–Crippen LogP) is 1.19. The summed E-state index contributed by atoms with van der Waals surface area (Å²) in [6.45, 7) is 0.505. The molecule has 1 aromatic carbocycles. The minimum atomic E-state index is -0.0568. The van der Waals surface area contributed by atoms with Crippen LogP contribution in [0.25, 0.3) is 17.0 Å². The lowest BCUT2D eigenvalue weighted by Crippen LogP contribution is -2.14. The van der Waals surface area contributed by atoms with E-state index in [9.17, 15) is 4.79 Å². The molecule has 3 N–H and O–H groups in total. The Morgan fingerprint density at radius 1 is 1.19 bits per heavy atom. The fourth-order valence-corrected chi connectivity index (χ4v) is 1.84. The summed E-state index contributed by atoms with van der Waals surface area (Å²) in [7, 11) is 0. The van der Waals surface area contributed by atoms with E-state index in [0.29, 0.717) is 12.4 Å². The highest BCUT2D eigenvalue weighted by molar-refractivity contribution is 5.99. The third-order valence-corrected chi connectivity index (χ3v) is 2.62. The number of benzene rings is 1. The zero-order valence-electron chi connectivity index (χ0n) is 8.58. The van der Waals surface area contributed by atoms with Crippen LogP contribution in [0.4, 0.5) is 0 Å². The normalized spacial score (nSPS) is 17.8. The zero-order valence-corrected chi connectivity index (χ0v) is 8.58. The van der Waals surface area contributed by atoms with Crippen LogP contribution in [-0.4, -0.2) is 17.6 Å². The molecule has 0 radical (unpaired) electrons. The van der Waals surface area contributed by atoms with Gasteiger partial charge in [0.25, 0.3) is 5.91 Å². The van der Waals surface area contributed by atoms with Crippen LogP contribution < -0.4 is 10.6 Å². The van der Waals surface area contributed by atoms with Crippen molar-refractivity contribution in [3.05, 3.63) is 41.7 Å². The molecule has 1 amide bonds. The van der Waals surface area contributed by atoms with Crippen molar-refractivity contribution in [1.29, 1.82) is 0 Å². The summed E-state index contributed by atoms with van der Waals surface area (Å²) in [5, 5.41) is 6.82. The fraction of sp³-hybridized carbons (Fsp3) is 0.0833. The maximum atomic E-state index is 11.3. The van der Waals surface area contributed by atoms with Crippen LogP contribution in [0.5, 0.6) is 0 Å². The third kappa shape index (κ3) is 1.44. The van der Waals surface area contributed by atoms with Crippen molar-refractivity contribution in [3.63, 3.8) is 0 Å². The Kier molecular flexibility index (Phi) is 1.93. The number of carbonyl (C=O) groups excluding carboxylic acids is 1. The van der Waals surface area contributed by atoms with Gasteiger partial charge in [-0.2, -0.15) is 0 Å².